The number of benzene rings is 1. The largest absolute Gasteiger partial charge is 0.369 e. The molecule has 0 aliphatic carbocycles. The average Bonchev–Trinajstić information content (AvgIpc) is 3.37. The molecular weight excluding hydrogens is 430 g/mol. The highest BCUT2D eigenvalue weighted by molar-refractivity contribution is 5.91. The topological polar surface area (TPSA) is 96.1 Å². The van der Waals surface area contributed by atoms with Crippen molar-refractivity contribution >= 4 is 12.2 Å². The Labute approximate surface area is 193 Å². The highest BCUT2D eigenvalue weighted by Gasteiger charge is 2.65. The van der Waals surface area contributed by atoms with Crippen LogP contribution in [0.5, 0.6) is 0 Å². The number of rotatable bonds is 7. The lowest BCUT2D eigenvalue weighted by Gasteiger charge is -2.49. The van der Waals surface area contributed by atoms with Gasteiger partial charge in [-0.2, -0.15) is 0 Å². The number of likely N-dealkylation sites (tertiary alicyclic amines) is 1. The maximum Gasteiger partial charge on any atom is 0.255 e. The van der Waals surface area contributed by atoms with Crippen LogP contribution in [-0.4, -0.2) is 85.0 Å². The molecule has 33 heavy (non-hydrogen) atoms. The lowest BCUT2D eigenvalue weighted by atomic mass is 9.87. The van der Waals surface area contributed by atoms with Gasteiger partial charge in [0.25, 0.3) is 5.91 Å². The normalized spacial score (nSPS) is 39.8. The molecule has 4 aliphatic heterocycles. The van der Waals surface area contributed by atoms with Crippen LogP contribution in [0.4, 0.5) is 0 Å². The molecule has 1 aromatic rings. The van der Waals surface area contributed by atoms with Crippen LogP contribution in [-0.2, 0) is 38.0 Å². The first-order chi connectivity index (χ1) is 15.7. The summed E-state index contributed by atoms with van der Waals surface area (Å²) in [4.78, 5) is 27.0. The summed E-state index contributed by atoms with van der Waals surface area (Å²) >= 11 is 0. The molecule has 180 valence electrons. The second-order valence-electron chi connectivity index (χ2n) is 9.88. The van der Waals surface area contributed by atoms with Gasteiger partial charge in [-0.25, -0.2) is 0 Å². The van der Waals surface area contributed by atoms with Crippen LogP contribution in [0.1, 0.15) is 39.4 Å². The molecule has 0 bridgehead atoms. The molecule has 8 atom stereocenters. The monoisotopic (exact) mass is 461 g/mol. The van der Waals surface area contributed by atoms with E-state index in [0.29, 0.717) is 6.61 Å². The molecule has 4 saturated heterocycles. The summed E-state index contributed by atoms with van der Waals surface area (Å²) in [6, 6.07) is 8.51. The zero-order valence-electron chi connectivity index (χ0n) is 19.5. The van der Waals surface area contributed by atoms with E-state index in [-0.39, 0.29) is 18.1 Å². The molecule has 9 nitrogen and oxygen atoms in total. The highest BCUT2D eigenvalue weighted by Crippen LogP contribution is 2.48. The summed E-state index contributed by atoms with van der Waals surface area (Å²) in [5.41, 5.74) is 1.03. The molecule has 5 rings (SSSR count). The van der Waals surface area contributed by atoms with E-state index in [4.69, 9.17) is 28.4 Å². The Morgan fingerprint density at radius 1 is 1.06 bits per heavy atom. The minimum absolute atomic E-state index is 0.155. The van der Waals surface area contributed by atoms with E-state index in [2.05, 4.69) is 0 Å². The highest BCUT2D eigenvalue weighted by atomic mass is 16.8. The van der Waals surface area contributed by atoms with Crippen molar-refractivity contribution in [2.45, 2.75) is 88.0 Å². The Bertz CT molecular complexity index is 905. The lowest BCUT2D eigenvalue weighted by molar-refractivity contribution is -0.188. The number of amides is 1. The first-order valence-corrected chi connectivity index (χ1v) is 11.3. The molecule has 0 unspecified atom stereocenters. The maximum absolute atomic E-state index is 13.1. The number of carbonyl (C=O) groups is 2. The van der Waals surface area contributed by atoms with Gasteiger partial charge in [-0.3, -0.25) is 4.79 Å². The molecule has 0 N–H and O–H groups in total. The fraction of sp³-hybridized carbons (Fsp3) is 0.667. The van der Waals surface area contributed by atoms with E-state index in [1.165, 1.54) is 12.0 Å². The zero-order valence-corrected chi connectivity index (χ0v) is 19.5. The van der Waals surface area contributed by atoms with E-state index in [0.717, 1.165) is 11.8 Å². The third-order valence-electron chi connectivity index (χ3n) is 6.73. The summed E-state index contributed by atoms with van der Waals surface area (Å²) in [6.07, 6.45) is -2.09. The summed E-state index contributed by atoms with van der Waals surface area (Å²) < 4.78 is 35.5. The van der Waals surface area contributed by atoms with Crippen LogP contribution in [0, 0.1) is 0 Å². The number of hydrogen-bond donors (Lipinski definition) is 0. The van der Waals surface area contributed by atoms with Crippen molar-refractivity contribution in [2.24, 2.45) is 0 Å². The second kappa shape index (κ2) is 8.11. The number of carbonyl (C=O) groups excluding carboxylic acids is 2. The van der Waals surface area contributed by atoms with E-state index in [1.807, 2.05) is 44.2 Å². The van der Waals surface area contributed by atoms with Crippen molar-refractivity contribution in [1.82, 2.24) is 4.90 Å². The molecule has 4 heterocycles. The van der Waals surface area contributed by atoms with Crippen LogP contribution in [0.2, 0.25) is 0 Å². The predicted molar refractivity (Wildman–Crippen MR) is 114 cm³/mol. The molecule has 0 spiro atoms. The van der Waals surface area contributed by atoms with Gasteiger partial charge in [0.05, 0.1) is 12.6 Å². The summed E-state index contributed by atoms with van der Waals surface area (Å²) in [7, 11) is 1.50. The first kappa shape index (κ1) is 22.9. The SMILES string of the molecule is CO[C@@H]1C(=O)N([C@@H](C=O)[C@H]2OC(C)(C)O[C@@H]2[C@H]2COC(C)(C)O2)[C@@H]1[C@@H]1O[C@H]1c1ccccc1. The molecule has 0 radical (unpaired) electrons. The Hall–Kier alpha value is -1.88. The summed E-state index contributed by atoms with van der Waals surface area (Å²) in [6.45, 7) is 7.52. The first-order valence-electron chi connectivity index (χ1n) is 11.3. The van der Waals surface area contributed by atoms with Crippen LogP contribution < -0.4 is 0 Å². The van der Waals surface area contributed by atoms with Crippen molar-refractivity contribution in [3.05, 3.63) is 35.9 Å². The third kappa shape index (κ3) is 4.00. The number of aldehydes is 1. The minimum atomic E-state index is -0.945. The number of epoxide rings is 1. The average molecular weight is 462 g/mol. The zero-order chi connectivity index (χ0) is 23.5. The van der Waals surface area contributed by atoms with Gasteiger partial charge in [0.1, 0.15) is 42.8 Å². The van der Waals surface area contributed by atoms with Crippen LogP contribution in [0.15, 0.2) is 30.3 Å². The quantitative estimate of drug-likeness (QED) is 0.343. The Kier molecular flexibility index (Phi) is 5.63. The van der Waals surface area contributed by atoms with Crippen molar-refractivity contribution in [3.63, 3.8) is 0 Å². The van der Waals surface area contributed by atoms with E-state index in [9.17, 15) is 9.59 Å². The lowest BCUT2D eigenvalue weighted by Crippen LogP contribution is -2.73. The van der Waals surface area contributed by atoms with Gasteiger partial charge in [-0.15, -0.1) is 0 Å². The standard InChI is InChI=1S/C24H31NO8/c1-23(2)29-12-15(31-23)19-18(32-24(3,4)33-19)14(11-26)25-16(21(28-5)22(25)27)20-17(30-20)13-9-7-6-8-10-13/h6-11,14-21H,12H2,1-5H3/t14-,15+,16+,17-,18+,19+,20-,21-/m0/s1. The number of β-lactam (4-membered cyclic amide) rings is 1. The second-order valence-corrected chi connectivity index (χ2v) is 9.88. The van der Waals surface area contributed by atoms with Gasteiger partial charge in [0.15, 0.2) is 17.7 Å². The fourth-order valence-corrected chi connectivity index (χ4v) is 5.26. The summed E-state index contributed by atoms with van der Waals surface area (Å²) in [5, 5.41) is 0. The van der Waals surface area contributed by atoms with Crippen LogP contribution in [0.3, 0.4) is 0 Å². The molecule has 1 aromatic carbocycles. The molecule has 0 aromatic heterocycles. The molecule has 0 saturated carbocycles. The minimum Gasteiger partial charge on any atom is -0.369 e. The third-order valence-corrected chi connectivity index (χ3v) is 6.73. The van der Waals surface area contributed by atoms with Crippen molar-refractivity contribution in [1.29, 1.82) is 0 Å². The molecule has 1 amide bonds. The maximum atomic E-state index is 13.1. The van der Waals surface area contributed by atoms with Gasteiger partial charge in [0, 0.05) is 7.11 Å². The number of nitrogens with zero attached hydrogens (tertiary/aromatic N) is 1. The van der Waals surface area contributed by atoms with Crippen LogP contribution >= 0.6 is 0 Å². The van der Waals surface area contributed by atoms with Crippen molar-refractivity contribution < 1.29 is 38.0 Å². The van der Waals surface area contributed by atoms with Gasteiger partial charge >= 0.3 is 0 Å². The number of methoxy groups -OCH3 is 1. The van der Waals surface area contributed by atoms with E-state index in [1.54, 1.807) is 13.8 Å². The Balaban J connectivity index is 1.39. The molecule has 4 fully saturated rings. The van der Waals surface area contributed by atoms with Gasteiger partial charge in [-0.1, -0.05) is 30.3 Å². The Morgan fingerprint density at radius 2 is 1.79 bits per heavy atom. The van der Waals surface area contributed by atoms with E-state index < -0.39 is 48.1 Å². The summed E-state index contributed by atoms with van der Waals surface area (Å²) in [5.74, 6) is -1.97. The number of ether oxygens (including phenoxy) is 6. The molecular formula is C24H31NO8. The Morgan fingerprint density at radius 3 is 2.39 bits per heavy atom. The van der Waals surface area contributed by atoms with Crippen LogP contribution in [0.25, 0.3) is 0 Å². The van der Waals surface area contributed by atoms with E-state index >= 15 is 0 Å². The van der Waals surface area contributed by atoms with Crippen molar-refractivity contribution in [3.8, 4) is 0 Å². The molecule has 9 heteroatoms. The van der Waals surface area contributed by atoms with Gasteiger partial charge in [0.2, 0.25) is 0 Å². The predicted octanol–water partition coefficient (Wildman–Crippen LogP) is 1.59. The van der Waals surface area contributed by atoms with Crippen molar-refractivity contribution in [2.75, 3.05) is 13.7 Å². The number of hydrogen-bond acceptors (Lipinski definition) is 8. The van der Waals surface area contributed by atoms with Gasteiger partial charge < -0.3 is 38.1 Å². The smallest absolute Gasteiger partial charge is 0.255 e. The van der Waals surface area contributed by atoms with Gasteiger partial charge in [-0.05, 0) is 33.3 Å². The fourth-order valence-electron chi connectivity index (χ4n) is 5.26. The molecule has 4 aliphatic rings.